The molecule has 1 aromatic heterocycles. The van der Waals surface area contributed by atoms with E-state index in [9.17, 15) is 18.0 Å². The Labute approximate surface area is 264 Å². The van der Waals surface area contributed by atoms with Crippen LogP contribution in [0.1, 0.15) is 42.9 Å². The number of anilines is 5. The number of hydrogen-bond donors (Lipinski definition) is 2. The SMILES string of the molecule is C=CC(=O)Nc1cc(Nc2cc(N3OCCC3c3cccc(C(F)(F)F)c3F)ncn2)c(OC)cc1N1CCC(N2CCC2)CC1. The summed E-state index contributed by atoms with van der Waals surface area (Å²) in [6.45, 7) is 7.69. The third-order valence-corrected chi connectivity index (χ3v) is 8.71. The molecule has 3 aromatic rings. The topological polar surface area (TPSA) is 95.1 Å². The van der Waals surface area contributed by atoms with Gasteiger partial charge in [-0.05, 0) is 50.6 Å². The second-order valence-electron chi connectivity index (χ2n) is 11.4. The van der Waals surface area contributed by atoms with Crippen LogP contribution in [0.5, 0.6) is 5.75 Å². The van der Waals surface area contributed by atoms with Gasteiger partial charge in [-0.15, -0.1) is 0 Å². The van der Waals surface area contributed by atoms with Gasteiger partial charge in [-0.3, -0.25) is 9.63 Å². The van der Waals surface area contributed by atoms with E-state index in [1.807, 2.05) is 6.07 Å². The zero-order chi connectivity index (χ0) is 32.4. The highest BCUT2D eigenvalue weighted by atomic mass is 19.4. The lowest BCUT2D eigenvalue weighted by molar-refractivity contribution is -0.140. The number of halogens is 4. The zero-order valence-corrected chi connectivity index (χ0v) is 25.3. The van der Waals surface area contributed by atoms with Crippen molar-refractivity contribution in [1.29, 1.82) is 0 Å². The number of carbonyl (C=O) groups is 1. The van der Waals surface area contributed by atoms with Gasteiger partial charge in [-0.2, -0.15) is 13.2 Å². The molecule has 244 valence electrons. The van der Waals surface area contributed by atoms with Crippen LogP contribution in [-0.4, -0.2) is 66.7 Å². The number of methoxy groups -OCH3 is 1. The van der Waals surface area contributed by atoms with E-state index in [1.165, 1.54) is 36.0 Å². The fourth-order valence-electron chi connectivity index (χ4n) is 6.24. The van der Waals surface area contributed by atoms with Crippen molar-refractivity contribution in [2.75, 3.05) is 60.5 Å². The van der Waals surface area contributed by atoms with Crippen LogP contribution in [0.2, 0.25) is 0 Å². The maximum absolute atomic E-state index is 15.1. The minimum atomic E-state index is -4.83. The van der Waals surface area contributed by atoms with E-state index in [1.54, 1.807) is 19.2 Å². The predicted molar refractivity (Wildman–Crippen MR) is 166 cm³/mol. The Kier molecular flexibility index (Phi) is 9.00. The molecule has 46 heavy (non-hydrogen) atoms. The van der Waals surface area contributed by atoms with Crippen LogP contribution < -0.4 is 25.3 Å². The van der Waals surface area contributed by atoms with Crippen LogP contribution in [0.4, 0.5) is 46.3 Å². The molecule has 0 radical (unpaired) electrons. The number of aromatic nitrogens is 2. The summed E-state index contributed by atoms with van der Waals surface area (Å²) in [7, 11) is 1.54. The number of benzene rings is 2. The molecule has 6 rings (SSSR count). The van der Waals surface area contributed by atoms with E-state index in [0.29, 0.717) is 35.1 Å². The summed E-state index contributed by atoms with van der Waals surface area (Å²) in [5, 5.41) is 7.41. The number of rotatable bonds is 9. The molecule has 0 aliphatic carbocycles. The molecule has 4 heterocycles. The van der Waals surface area contributed by atoms with Crippen LogP contribution in [0.15, 0.2) is 55.4 Å². The van der Waals surface area contributed by atoms with Crippen molar-refractivity contribution in [2.45, 2.75) is 43.9 Å². The normalized spacial score (nSPS) is 19.1. The quantitative estimate of drug-likeness (QED) is 0.213. The highest BCUT2D eigenvalue weighted by molar-refractivity contribution is 6.02. The molecule has 0 spiro atoms. The Morgan fingerprint density at radius 2 is 1.87 bits per heavy atom. The number of ether oxygens (including phenoxy) is 1. The Hall–Kier alpha value is -4.43. The van der Waals surface area contributed by atoms with Crippen LogP contribution >= 0.6 is 0 Å². The van der Waals surface area contributed by atoms with Gasteiger partial charge in [0.05, 0.1) is 42.4 Å². The smallest absolute Gasteiger partial charge is 0.419 e. The molecule has 3 aliphatic heterocycles. The number of carbonyl (C=O) groups excluding carboxylic acids is 1. The van der Waals surface area contributed by atoms with Crippen molar-refractivity contribution in [3.63, 3.8) is 0 Å². The van der Waals surface area contributed by atoms with Gasteiger partial charge in [0.25, 0.3) is 0 Å². The number of alkyl halides is 3. The molecule has 3 fully saturated rings. The van der Waals surface area contributed by atoms with Crippen molar-refractivity contribution in [1.82, 2.24) is 14.9 Å². The monoisotopic (exact) mass is 641 g/mol. The second kappa shape index (κ2) is 13.1. The van der Waals surface area contributed by atoms with Gasteiger partial charge in [-0.25, -0.2) is 19.4 Å². The fraction of sp³-hybridized carbons (Fsp3) is 0.406. The summed E-state index contributed by atoms with van der Waals surface area (Å²) >= 11 is 0. The maximum atomic E-state index is 15.1. The summed E-state index contributed by atoms with van der Waals surface area (Å²) in [5.41, 5.74) is 0.396. The molecule has 1 atom stereocenters. The lowest BCUT2D eigenvalue weighted by Gasteiger charge is -2.43. The first-order valence-corrected chi connectivity index (χ1v) is 15.2. The van der Waals surface area contributed by atoms with Crippen LogP contribution in [0.3, 0.4) is 0 Å². The van der Waals surface area contributed by atoms with Crippen molar-refractivity contribution >= 4 is 34.6 Å². The summed E-state index contributed by atoms with van der Waals surface area (Å²) < 4.78 is 61.0. The largest absolute Gasteiger partial charge is 0.494 e. The third-order valence-electron chi connectivity index (χ3n) is 8.71. The van der Waals surface area contributed by atoms with Gasteiger partial charge < -0.3 is 25.2 Å². The Bertz CT molecular complexity index is 1590. The molecule has 3 saturated heterocycles. The average Bonchev–Trinajstić information content (AvgIpc) is 3.50. The molecule has 1 unspecified atom stereocenters. The number of nitrogens with one attached hydrogen (secondary N) is 2. The lowest BCUT2D eigenvalue weighted by Crippen LogP contribution is -2.50. The Balaban J connectivity index is 1.26. The first kappa shape index (κ1) is 31.5. The molecule has 0 saturated carbocycles. The number of nitrogens with zero attached hydrogens (tertiary/aromatic N) is 5. The van der Waals surface area contributed by atoms with Gasteiger partial charge in [0.1, 0.15) is 23.7 Å². The van der Waals surface area contributed by atoms with Crippen LogP contribution in [-0.2, 0) is 15.8 Å². The third kappa shape index (κ3) is 6.44. The summed E-state index contributed by atoms with van der Waals surface area (Å²) in [6, 6.07) is 8.09. The first-order chi connectivity index (χ1) is 22.2. The maximum Gasteiger partial charge on any atom is 0.419 e. The number of hydrogen-bond acceptors (Lipinski definition) is 9. The molecule has 10 nitrogen and oxygen atoms in total. The minimum Gasteiger partial charge on any atom is -0.494 e. The van der Waals surface area contributed by atoms with E-state index in [0.717, 1.165) is 44.7 Å². The molecule has 2 aromatic carbocycles. The summed E-state index contributed by atoms with van der Waals surface area (Å²) in [5.74, 6) is -0.676. The van der Waals surface area contributed by atoms with Crippen molar-refractivity contribution < 1.29 is 31.9 Å². The fourth-order valence-corrected chi connectivity index (χ4v) is 6.24. The van der Waals surface area contributed by atoms with Crippen LogP contribution in [0.25, 0.3) is 0 Å². The molecular weight excluding hydrogens is 606 g/mol. The second-order valence-corrected chi connectivity index (χ2v) is 11.4. The standard InChI is InChI=1S/C32H35F4N7O3/c1-3-30(44)40-23-16-24(27(45-2)17-26(23)42-13-8-20(9-14-42)41-11-5-12-41)39-28-18-29(38-19-37-28)43-25(10-15-46-43)21-6-4-7-22(31(21)33)32(34,35)36/h3-4,6-7,16-20,25H,1,5,8-15H2,2H3,(H,40,44)(H,37,38,39). The molecule has 0 bridgehead atoms. The van der Waals surface area contributed by atoms with Gasteiger partial charge in [0, 0.05) is 43.2 Å². The van der Waals surface area contributed by atoms with Crippen molar-refractivity contribution in [2.24, 2.45) is 0 Å². The molecule has 3 aliphatic rings. The van der Waals surface area contributed by atoms with E-state index in [2.05, 4.69) is 37.0 Å². The average molecular weight is 642 g/mol. The van der Waals surface area contributed by atoms with Crippen molar-refractivity contribution in [3.8, 4) is 5.75 Å². The molecular formula is C32H35F4N7O3. The lowest BCUT2D eigenvalue weighted by atomic mass is 9.99. The predicted octanol–water partition coefficient (Wildman–Crippen LogP) is 6.07. The summed E-state index contributed by atoms with van der Waals surface area (Å²) in [6.07, 6.45) is 1.17. The van der Waals surface area contributed by atoms with Gasteiger partial charge in [0.2, 0.25) is 5.91 Å². The van der Waals surface area contributed by atoms with Crippen molar-refractivity contribution in [3.05, 3.63) is 72.3 Å². The molecule has 14 heteroatoms. The van der Waals surface area contributed by atoms with E-state index in [-0.39, 0.29) is 30.3 Å². The summed E-state index contributed by atoms with van der Waals surface area (Å²) in [4.78, 5) is 31.4. The highest BCUT2D eigenvalue weighted by Gasteiger charge is 2.38. The van der Waals surface area contributed by atoms with Gasteiger partial charge in [-0.1, -0.05) is 18.7 Å². The number of amides is 1. The van der Waals surface area contributed by atoms with Gasteiger partial charge in [0.15, 0.2) is 5.82 Å². The highest BCUT2D eigenvalue weighted by Crippen LogP contribution is 2.42. The van der Waals surface area contributed by atoms with Gasteiger partial charge >= 0.3 is 6.18 Å². The zero-order valence-electron chi connectivity index (χ0n) is 25.3. The number of hydroxylamine groups is 1. The molecule has 1 amide bonds. The molecule has 2 N–H and O–H groups in total. The Morgan fingerprint density at radius 1 is 1.09 bits per heavy atom. The first-order valence-electron chi connectivity index (χ1n) is 15.2. The van der Waals surface area contributed by atoms with Crippen LogP contribution in [0, 0.1) is 5.82 Å². The van der Waals surface area contributed by atoms with E-state index in [4.69, 9.17) is 9.57 Å². The van der Waals surface area contributed by atoms with E-state index >= 15 is 4.39 Å². The number of piperidine rings is 1. The minimum absolute atomic E-state index is 0.144. The van der Waals surface area contributed by atoms with E-state index < -0.39 is 23.6 Å². The number of likely N-dealkylation sites (tertiary alicyclic amines) is 1. The Morgan fingerprint density at radius 3 is 2.54 bits per heavy atom.